The number of hydrogen-bond donors (Lipinski definition) is 4. The fraction of sp³-hybridized carbons (Fsp3) is 0.611. The van der Waals surface area contributed by atoms with E-state index in [0.717, 1.165) is 32.1 Å². The summed E-state index contributed by atoms with van der Waals surface area (Å²) in [6.45, 7) is 1.20. The maximum atomic E-state index is 11.7. The Kier molecular flexibility index (Phi) is 12.1. The first kappa shape index (κ1) is 24.1. The minimum absolute atomic E-state index is 0.00858. The summed E-state index contributed by atoms with van der Waals surface area (Å²) in [5.74, 6) is -1.21. The molecule has 0 fully saturated rings. The van der Waals surface area contributed by atoms with E-state index in [1.807, 2.05) is 22.6 Å². The molecule has 9 nitrogen and oxygen atoms in total. The van der Waals surface area contributed by atoms with Gasteiger partial charge in [0.1, 0.15) is 0 Å². The molecule has 0 spiro atoms. The number of unbranched alkanes of at least 4 members (excludes halogenated alkanes) is 4. The van der Waals surface area contributed by atoms with Crippen LogP contribution < -0.4 is 15.5 Å². The lowest BCUT2D eigenvalue weighted by Gasteiger charge is -2.07. The molecule has 0 bridgehead atoms. The molecule has 0 saturated heterocycles. The Morgan fingerprint density at radius 2 is 1.39 bits per heavy atom. The van der Waals surface area contributed by atoms with E-state index in [1.165, 1.54) is 12.1 Å². The number of halogens is 1. The van der Waals surface area contributed by atoms with Crippen molar-refractivity contribution >= 4 is 40.4 Å². The van der Waals surface area contributed by atoms with Crippen molar-refractivity contribution in [2.24, 2.45) is 0 Å². The zero-order chi connectivity index (χ0) is 20.8. The van der Waals surface area contributed by atoms with Gasteiger partial charge in [0.25, 0.3) is 0 Å². The Morgan fingerprint density at radius 3 is 1.96 bits per heavy atom. The van der Waals surface area contributed by atoms with Crippen LogP contribution in [0, 0.1) is 0 Å². The average Bonchev–Trinajstić information content (AvgIpc) is 2.98. The molecule has 0 aliphatic heterocycles. The molecule has 10 heteroatoms. The van der Waals surface area contributed by atoms with E-state index >= 15 is 0 Å². The lowest BCUT2D eigenvalue weighted by atomic mass is 10.1. The monoisotopic (exact) mass is 509 g/mol. The van der Waals surface area contributed by atoms with E-state index in [1.54, 1.807) is 0 Å². The van der Waals surface area contributed by atoms with E-state index in [9.17, 15) is 24.6 Å². The Morgan fingerprint density at radius 1 is 0.857 bits per heavy atom. The van der Waals surface area contributed by atoms with E-state index in [4.69, 9.17) is 4.84 Å². The van der Waals surface area contributed by atoms with Crippen LogP contribution in [0.15, 0.2) is 12.1 Å². The zero-order valence-corrected chi connectivity index (χ0v) is 17.9. The second-order valence-electron chi connectivity index (χ2n) is 6.26. The molecular weight excluding hydrogens is 481 g/mol. The molecule has 0 radical (unpaired) electrons. The molecule has 1 aromatic rings. The van der Waals surface area contributed by atoms with Gasteiger partial charge in [0.2, 0.25) is 23.6 Å². The van der Waals surface area contributed by atoms with Crippen molar-refractivity contribution in [2.75, 3.05) is 17.5 Å². The number of nitrogens with zero attached hydrogens (tertiary/aromatic N) is 1. The highest BCUT2D eigenvalue weighted by Crippen LogP contribution is 2.18. The van der Waals surface area contributed by atoms with Gasteiger partial charge in [-0.25, -0.2) is 4.79 Å². The highest BCUT2D eigenvalue weighted by Gasteiger charge is 2.11. The molecule has 1 heterocycles. The number of rotatable bonds is 14. The summed E-state index contributed by atoms with van der Waals surface area (Å²) < 4.78 is 1.13. The average molecular weight is 509 g/mol. The lowest BCUT2D eigenvalue weighted by molar-refractivity contribution is -0.145. The predicted octanol–water partition coefficient (Wildman–Crippen LogP) is 1.64. The number of carbonyl (C=O) groups excluding carboxylic acids is 3. The molecule has 0 atom stereocenters. The molecular formula is C18H28IN3O6. The van der Waals surface area contributed by atoms with Crippen LogP contribution in [0.3, 0.4) is 0 Å². The molecule has 0 unspecified atom stereocenters. The number of amides is 2. The van der Waals surface area contributed by atoms with Gasteiger partial charge in [-0.1, -0.05) is 35.4 Å². The second kappa shape index (κ2) is 14.1. The fourth-order valence-electron chi connectivity index (χ4n) is 2.39. The Bertz CT molecular complexity index is 615. The van der Waals surface area contributed by atoms with Gasteiger partial charge in [-0.15, -0.1) is 4.73 Å². The molecule has 0 aromatic carbocycles. The number of alkyl halides is 1. The third-order valence-corrected chi connectivity index (χ3v) is 4.59. The summed E-state index contributed by atoms with van der Waals surface area (Å²) in [6.07, 6.45) is 5.25. The van der Waals surface area contributed by atoms with Gasteiger partial charge < -0.3 is 25.7 Å². The molecule has 158 valence electrons. The van der Waals surface area contributed by atoms with Crippen molar-refractivity contribution in [1.82, 2.24) is 15.4 Å². The maximum Gasteiger partial charge on any atom is 0.333 e. The van der Waals surface area contributed by atoms with Crippen LogP contribution in [0.4, 0.5) is 0 Å². The smallest absolute Gasteiger partial charge is 0.333 e. The number of aromatic hydroxyl groups is 2. The van der Waals surface area contributed by atoms with Gasteiger partial charge in [0.05, 0.1) is 4.43 Å². The number of nitrogens with one attached hydrogen (secondary N) is 2. The fourth-order valence-corrected chi connectivity index (χ4v) is 2.66. The normalized spacial score (nSPS) is 10.5. The van der Waals surface area contributed by atoms with Gasteiger partial charge in [0.15, 0.2) is 0 Å². The zero-order valence-electron chi connectivity index (χ0n) is 15.8. The van der Waals surface area contributed by atoms with Crippen molar-refractivity contribution < 1.29 is 29.4 Å². The second-order valence-corrected chi connectivity index (χ2v) is 7.03. The number of hydrogen-bond acceptors (Lipinski definition) is 6. The van der Waals surface area contributed by atoms with Crippen LogP contribution in [-0.4, -0.2) is 50.2 Å². The third kappa shape index (κ3) is 10.4. The predicted molar refractivity (Wildman–Crippen MR) is 111 cm³/mol. The summed E-state index contributed by atoms with van der Waals surface area (Å²) in [6, 6.07) is 2.44. The molecule has 1 rings (SSSR count). The quantitative estimate of drug-likeness (QED) is 0.172. The van der Waals surface area contributed by atoms with E-state index in [0.29, 0.717) is 35.1 Å². The topological polar surface area (TPSA) is 130 Å². The van der Waals surface area contributed by atoms with Crippen LogP contribution in [0.1, 0.15) is 51.4 Å². The molecule has 0 saturated carbocycles. The number of aromatic nitrogens is 1. The molecule has 0 aliphatic carbocycles. The molecule has 28 heavy (non-hydrogen) atoms. The van der Waals surface area contributed by atoms with E-state index in [2.05, 4.69) is 10.6 Å². The van der Waals surface area contributed by atoms with Crippen molar-refractivity contribution in [3.63, 3.8) is 0 Å². The first-order chi connectivity index (χ1) is 13.4. The minimum atomic E-state index is -0.555. The molecule has 4 N–H and O–H groups in total. The summed E-state index contributed by atoms with van der Waals surface area (Å²) in [4.78, 5) is 39.2. The SMILES string of the molecule is O=C(CI)NCCCCCC(=O)NCCCCCC(=O)On1c(O)ccc1O. The highest BCUT2D eigenvalue weighted by atomic mass is 127. The van der Waals surface area contributed by atoms with Gasteiger partial charge >= 0.3 is 5.97 Å². The lowest BCUT2D eigenvalue weighted by Crippen LogP contribution is -2.25. The van der Waals surface area contributed by atoms with Crippen LogP contribution in [0.2, 0.25) is 0 Å². The Labute approximate surface area is 177 Å². The first-order valence-corrected chi connectivity index (χ1v) is 10.9. The number of carbonyl (C=O) groups is 3. The van der Waals surface area contributed by atoms with Gasteiger partial charge in [-0.2, -0.15) is 0 Å². The molecule has 0 aliphatic rings. The van der Waals surface area contributed by atoms with E-state index in [-0.39, 0.29) is 30.0 Å². The largest absolute Gasteiger partial charge is 0.492 e. The van der Waals surface area contributed by atoms with Crippen LogP contribution in [0.25, 0.3) is 0 Å². The van der Waals surface area contributed by atoms with Crippen molar-refractivity contribution in [3.8, 4) is 11.8 Å². The van der Waals surface area contributed by atoms with Gasteiger partial charge in [-0.3, -0.25) is 9.59 Å². The van der Waals surface area contributed by atoms with Crippen LogP contribution in [-0.2, 0) is 14.4 Å². The summed E-state index contributed by atoms with van der Waals surface area (Å²) in [5.41, 5.74) is 0. The maximum absolute atomic E-state index is 11.7. The summed E-state index contributed by atoms with van der Waals surface area (Å²) in [7, 11) is 0. The Balaban J connectivity index is 1.95. The minimum Gasteiger partial charge on any atom is -0.492 e. The van der Waals surface area contributed by atoms with Crippen molar-refractivity contribution in [2.45, 2.75) is 51.4 Å². The first-order valence-electron chi connectivity index (χ1n) is 9.34. The van der Waals surface area contributed by atoms with Gasteiger partial charge in [-0.05, 0) is 25.7 Å². The molecule has 1 aromatic heterocycles. The summed E-state index contributed by atoms with van der Waals surface area (Å²) in [5, 5.41) is 24.4. The van der Waals surface area contributed by atoms with Crippen molar-refractivity contribution in [1.29, 1.82) is 0 Å². The molecule has 2 amide bonds. The van der Waals surface area contributed by atoms with Gasteiger partial charge in [0, 0.05) is 38.1 Å². The Hall–Kier alpha value is -1.98. The summed E-state index contributed by atoms with van der Waals surface area (Å²) >= 11 is 2.01. The van der Waals surface area contributed by atoms with Crippen LogP contribution >= 0.6 is 22.6 Å². The van der Waals surface area contributed by atoms with E-state index < -0.39 is 5.97 Å². The van der Waals surface area contributed by atoms with Crippen LogP contribution in [0.5, 0.6) is 11.8 Å². The van der Waals surface area contributed by atoms with Crippen molar-refractivity contribution in [3.05, 3.63) is 12.1 Å². The highest BCUT2D eigenvalue weighted by molar-refractivity contribution is 14.1. The third-order valence-electron chi connectivity index (χ3n) is 3.89. The standard InChI is InChI=1S/C18H28IN3O6/c19-13-15(24)21-12-5-1-3-7-14(23)20-11-6-2-4-8-18(27)28-22-16(25)9-10-17(22)26/h9-10,25-26H,1-8,11-13H2,(H,20,23)(H,21,24).